The topological polar surface area (TPSA) is 9.23 Å². The monoisotopic (exact) mass is 266 g/mol. The lowest BCUT2D eigenvalue weighted by Gasteiger charge is -2.10. The fourth-order valence-corrected chi connectivity index (χ4v) is 2.59. The summed E-state index contributed by atoms with van der Waals surface area (Å²) in [6.45, 7) is 1.82. The SMILES string of the molecule is Cc1csc2cc(Cl)c(OC(F)(F)F)cc12. The molecule has 6 heteroatoms. The summed E-state index contributed by atoms with van der Waals surface area (Å²) in [7, 11) is 0. The van der Waals surface area contributed by atoms with Crippen LogP contribution >= 0.6 is 22.9 Å². The summed E-state index contributed by atoms with van der Waals surface area (Å²) >= 11 is 7.13. The Labute approximate surface area is 98.4 Å². The molecule has 0 amide bonds. The van der Waals surface area contributed by atoms with E-state index in [0.29, 0.717) is 0 Å². The highest BCUT2D eigenvalue weighted by Crippen LogP contribution is 2.37. The van der Waals surface area contributed by atoms with E-state index in [0.717, 1.165) is 15.6 Å². The first-order chi connectivity index (χ1) is 7.37. The van der Waals surface area contributed by atoms with Gasteiger partial charge in [0.05, 0.1) is 5.02 Å². The molecule has 0 atom stereocenters. The van der Waals surface area contributed by atoms with E-state index in [4.69, 9.17) is 11.6 Å². The number of hydrogen-bond acceptors (Lipinski definition) is 2. The van der Waals surface area contributed by atoms with Gasteiger partial charge in [-0.25, -0.2) is 0 Å². The van der Waals surface area contributed by atoms with E-state index in [1.54, 1.807) is 0 Å². The van der Waals surface area contributed by atoms with Crippen LogP contribution in [0.2, 0.25) is 5.02 Å². The van der Waals surface area contributed by atoms with Crippen molar-refractivity contribution in [3.63, 3.8) is 0 Å². The summed E-state index contributed by atoms with van der Waals surface area (Å²) in [5, 5.41) is 2.55. The molecule has 1 aromatic carbocycles. The summed E-state index contributed by atoms with van der Waals surface area (Å²) in [6.07, 6.45) is -4.72. The average Bonchev–Trinajstić information content (AvgIpc) is 2.46. The molecule has 1 heterocycles. The zero-order chi connectivity index (χ0) is 11.9. The standard InChI is InChI=1S/C10H6ClF3OS/c1-5-4-16-9-3-7(11)8(2-6(5)9)15-10(12,13)14/h2-4H,1H3. The smallest absolute Gasteiger partial charge is 0.404 e. The molecule has 2 rings (SSSR count). The Hall–Kier alpha value is -0.940. The molecule has 0 saturated carbocycles. The third-order valence-electron chi connectivity index (χ3n) is 2.05. The molecule has 86 valence electrons. The van der Waals surface area contributed by atoms with Crippen molar-refractivity contribution in [2.24, 2.45) is 0 Å². The molecule has 0 N–H and O–H groups in total. The molecule has 0 radical (unpaired) electrons. The number of aryl methyl sites for hydroxylation is 1. The number of thiophene rings is 1. The number of alkyl halides is 3. The molecule has 1 nitrogen and oxygen atoms in total. The summed E-state index contributed by atoms with van der Waals surface area (Å²) < 4.78 is 40.9. The zero-order valence-corrected chi connectivity index (χ0v) is 9.63. The van der Waals surface area contributed by atoms with Crippen molar-refractivity contribution in [3.8, 4) is 5.75 Å². The van der Waals surface area contributed by atoms with Crippen LogP contribution < -0.4 is 4.74 Å². The van der Waals surface area contributed by atoms with E-state index in [1.807, 2.05) is 12.3 Å². The largest absolute Gasteiger partial charge is 0.573 e. The molecule has 0 unspecified atom stereocenters. The van der Waals surface area contributed by atoms with Gasteiger partial charge in [0.1, 0.15) is 5.75 Å². The zero-order valence-electron chi connectivity index (χ0n) is 8.06. The summed E-state index contributed by atoms with van der Waals surface area (Å²) in [4.78, 5) is 0. The van der Waals surface area contributed by atoms with Crippen molar-refractivity contribution in [2.45, 2.75) is 13.3 Å². The Kier molecular flexibility index (Phi) is 2.75. The Balaban J connectivity index is 2.53. The molecule has 16 heavy (non-hydrogen) atoms. The second-order valence-electron chi connectivity index (χ2n) is 3.25. The maximum Gasteiger partial charge on any atom is 0.573 e. The Bertz CT molecular complexity index is 533. The van der Waals surface area contributed by atoms with Gasteiger partial charge in [-0.05, 0) is 35.4 Å². The Morgan fingerprint density at radius 2 is 2.00 bits per heavy atom. The van der Waals surface area contributed by atoms with Crippen molar-refractivity contribution in [1.29, 1.82) is 0 Å². The van der Waals surface area contributed by atoms with Crippen LogP contribution in [0.5, 0.6) is 5.75 Å². The number of benzene rings is 1. The second-order valence-corrected chi connectivity index (χ2v) is 4.56. The minimum absolute atomic E-state index is 0.0355. The quantitative estimate of drug-likeness (QED) is 0.723. The van der Waals surface area contributed by atoms with Crippen LogP contribution in [0.1, 0.15) is 5.56 Å². The maximum atomic E-state index is 12.1. The van der Waals surface area contributed by atoms with Crippen LogP contribution in [-0.2, 0) is 0 Å². The minimum Gasteiger partial charge on any atom is -0.404 e. The van der Waals surface area contributed by atoms with Crippen LogP contribution in [0.4, 0.5) is 13.2 Å². The van der Waals surface area contributed by atoms with Gasteiger partial charge in [0.25, 0.3) is 0 Å². The van der Waals surface area contributed by atoms with E-state index in [-0.39, 0.29) is 10.8 Å². The van der Waals surface area contributed by atoms with Gasteiger partial charge in [0, 0.05) is 4.70 Å². The van der Waals surface area contributed by atoms with Gasteiger partial charge in [-0.1, -0.05) is 11.6 Å². The molecule has 1 aromatic heterocycles. The fraction of sp³-hybridized carbons (Fsp3) is 0.200. The van der Waals surface area contributed by atoms with Gasteiger partial charge in [0.2, 0.25) is 0 Å². The molecule has 0 aliphatic heterocycles. The highest BCUT2D eigenvalue weighted by Gasteiger charge is 2.32. The van der Waals surface area contributed by atoms with E-state index >= 15 is 0 Å². The lowest BCUT2D eigenvalue weighted by molar-refractivity contribution is -0.274. The summed E-state index contributed by atoms with van der Waals surface area (Å²) in [5.41, 5.74) is 0.906. The average molecular weight is 267 g/mol. The fourth-order valence-electron chi connectivity index (χ4n) is 1.36. The summed E-state index contributed by atoms with van der Waals surface area (Å²) in [6, 6.07) is 2.80. The van der Waals surface area contributed by atoms with Crippen molar-refractivity contribution < 1.29 is 17.9 Å². The van der Waals surface area contributed by atoms with Crippen LogP contribution in [-0.4, -0.2) is 6.36 Å². The van der Waals surface area contributed by atoms with Crippen LogP contribution in [0.3, 0.4) is 0 Å². The second kappa shape index (κ2) is 3.82. The molecule has 0 aliphatic carbocycles. The van der Waals surface area contributed by atoms with Gasteiger partial charge < -0.3 is 4.74 Å². The van der Waals surface area contributed by atoms with Crippen molar-refractivity contribution in [3.05, 3.63) is 28.1 Å². The van der Waals surface area contributed by atoms with E-state index < -0.39 is 6.36 Å². The van der Waals surface area contributed by atoms with Crippen LogP contribution in [0.25, 0.3) is 10.1 Å². The summed E-state index contributed by atoms with van der Waals surface area (Å²) in [5.74, 6) is -0.358. The van der Waals surface area contributed by atoms with Gasteiger partial charge >= 0.3 is 6.36 Å². The number of rotatable bonds is 1. The molecular formula is C10H6ClF3OS. The first kappa shape index (κ1) is 11.5. The predicted molar refractivity (Wildman–Crippen MR) is 58.3 cm³/mol. The third kappa shape index (κ3) is 2.25. The molecule has 0 fully saturated rings. The predicted octanol–water partition coefficient (Wildman–Crippen LogP) is 4.76. The highest BCUT2D eigenvalue weighted by atomic mass is 35.5. The molecule has 0 bridgehead atoms. The molecule has 0 aliphatic rings. The molecular weight excluding hydrogens is 261 g/mol. The van der Waals surface area contributed by atoms with Crippen molar-refractivity contribution in [1.82, 2.24) is 0 Å². The van der Waals surface area contributed by atoms with Gasteiger partial charge in [-0.2, -0.15) is 0 Å². The number of fused-ring (bicyclic) bond motifs is 1. The van der Waals surface area contributed by atoms with Crippen molar-refractivity contribution in [2.75, 3.05) is 0 Å². The number of ether oxygens (including phenoxy) is 1. The lowest BCUT2D eigenvalue weighted by atomic mass is 10.2. The molecule has 0 saturated heterocycles. The molecule has 0 spiro atoms. The number of hydrogen-bond donors (Lipinski definition) is 0. The Morgan fingerprint density at radius 1 is 1.31 bits per heavy atom. The maximum absolute atomic E-state index is 12.1. The molecule has 2 aromatic rings. The third-order valence-corrected chi connectivity index (χ3v) is 3.41. The normalized spacial score (nSPS) is 12.1. The highest BCUT2D eigenvalue weighted by molar-refractivity contribution is 7.17. The Morgan fingerprint density at radius 3 is 2.62 bits per heavy atom. The van der Waals surface area contributed by atoms with Gasteiger partial charge in [-0.15, -0.1) is 24.5 Å². The first-order valence-corrected chi connectivity index (χ1v) is 5.55. The first-order valence-electron chi connectivity index (χ1n) is 4.30. The van der Waals surface area contributed by atoms with Gasteiger partial charge in [-0.3, -0.25) is 0 Å². The number of halogens is 4. The van der Waals surface area contributed by atoms with E-state index in [2.05, 4.69) is 4.74 Å². The van der Waals surface area contributed by atoms with Gasteiger partial charge in [0.15, 0.2) is 0 Å². The van der Waals surface area contributed by atoms with Crippen LogP contribution in [0.15, 0.2) is 17.5 Å². The van der Waals surface area contributed by atoms with E-state index in [1.165, 1.54) is 23.5 Å². The van der Waals surface area contributed by atoms with Crippen molar-refractivity contribution >= 4 is 33.0 Å². The van der Waals surface area contributed by atoms with Crippen LogP contribution in [0, 0.1) is 6.92 Å². The minimum atomic E-state index is -4.72. The van der Waals surface area contributed by atoms with E-state index in [9.17, 15) is 13.2 Å². The lowest BCUT2D eigenvalue weighted by Crippen LogP contribution is -2.17.